The molecule has 136 valence electrons. The number of piperazine rings is 1. The van der Waals surface area contributed by atoms with Gasteiger partial charge in [0.1, 0.15) is 0 Å². The molecule has 6 heteroatoms. The van der Waals surface area contributed by atoms with Gasteiger partial charge < -0.3 is 15.0 Å². The molecule has 0 radical (unpaired) electrons. The molecule has 1 aliphatic rings. The van der Waals surface area contributed by atoms with Crippen LogP contribution in [-0.2, 0) is 4.74 Å². The number of carbonyl (C=O) groups is 2. The zero-order valence-electron chi connectivity index (χ0n) is 15.4. The van der Waals surface area contributed by atoms with Crippen molar-refractivity contribution in [2.45, 2.75) is 32.9 Å². The van der Waals surface area contributed by atoms with Crippen LogP contribution in [0.5, 0.6) is 0 Å². The summed E-state index contributed by atoms with van der Waals surface area (Å²) >= 11 is 0. The molecule has 0 unspecified atom stereocenters. The molecule has 1 heterocycles. The summed E-state index contributed by atoms with van der Waals surface area (Å²) in [4.78, 5) is 28.6. The third-order valence-corrected chi connectivity index (χ3v) is 4.64. The Labute approximate surface area is 149 Å². The van der Waals surface area contributed by atoms with Crippen molar-refractivity contribution < 1.29 is 14.3 Å². The quantitative estimate of drug-likeness (QED) is 0.673. The van der Waals surface area contributed by atoms with Crippen molar-refractivity contribution >= 4 is 17.7 Å². The molecule has 2 atom stereocenters. The number of urea groups is 1. The van der Waals surface area contributed by atoms with Gasteiger partial charge >= 0.3 is 12.0 Å². The van der Waals surface area contributed by atoms with Gasteiger partial charge in [-0.3, -0.25) is 4.90 Å². The highest BCUT2D eigenvalue weighted by Gasteiger charge is 2.31. The van der Waals surface area contributed by atoms with Gasteiger partial charge in [0.2, 0.25) is 0 Å². The van der Waals surface area contributed by atoms with Crippen molar-refractivity contribution in [3.8, 4) is 0 Å². The van der Waals surface area contributed by atoms with Crippen molar-refractivity contribution in [2.75, 3.05) is 32.1 Å². The predicted molar refractivity (Wildman–Crippen MR) is 98.9 cm³/mol. The van der Waals surface area contributed by atoms with Crippen molar-refractivity contribution in [3.63, 3.8) is 0 Å². The minimum atomic E-state index is -0.421. The molecular formula is C19H27N3O3. The van der Waals surface area contributed by atoms with Crippen LogP contribution in [0.3, 0.4) is 0 Å². The number of nitrogens with zero attached hydrogens (tertiary/aromatic N) is 2. The second-order valence-corrected chi connectivity index (χ2v) is 6.54. The van der Waals surface area contributed by atoms with E-state index >= 15 is 0 Å². The lowest BCUT2D eigenvalue weighted by Gasteiger charge is -2.43. The average molecular weight is 345 g/mol. The predicted octanol–water partition coefficient (Wildman–Crippen LogP) is 2.89. The highest BCUT2D eigenvalue weighted by atomic mass is 16.5. The normalized spacial score (nSPS) is 20.9. The van der Waals surface area contributed by atoms with E-state index in [4.69, 9.17) is 4.74 Å². The number of benzene rings is 1. The van der Waals surface area contributed by atoms with E-state index in [-0.39, 0.29) is 18.1 Å². The van der Waals surface area contributed by atoms with Gasteiger partial charge in [-0.15, -0.1) is 6.58 Å². The summed E-state index contributed by atoms with van der Waals surface area (Å²) in [6.07, 6.45) is 1.89. The number of amides is 2. The fourth-order valence-corrected chi connectivity index (χ4v) is 3.09. The summed E-state index contributed by atoms with van der Waals surface area (Å²) in [5.74, 6) is -0.421. The molecule has 0 saturated carbocycles. The van der Waals surface area contributed by atoms with E-state index in [1.165, 1.54) is 7.11 Å². The zero-order chi connectivity index (χ0) is 18.6. The molecule has 0 bridgehead atoms. The lowest BCUT2D eigenvalue weighted by molar-refractivity contribution is 0.0600. The second-order valence-electron chi connectivity index (χ2n) is 6.54. The summed E-state index contributed by atoms with van der Waals surface area (Å²) < 4.78 is 4.74. The smallest absolute Gasteiger partial charge is 0.337 e. The van der Waals surface area contributed by atoms with Crippen LogP contribution in [0.1, 0.15) is 29.8 Å². The number of ether oxygens (including phenoxy) is 1. The van der Waals surface area contributed by atoms with Crippen LogP contribution in [0.25, 0.3) is 0 Å². The summed E-state index contributed by atoms with van der Waals surface area (Å²) in [5.41, 5.74) is 1.94. The molecule has 1 N–H and O–H groups in total. The average Bonchev–Trinajstić information content (AvgIpc) is 2.59. The fourth-order valence-electron chi connectivity index (χ4n) is 3.09. The van der Waals surface area contributed by atoms with Gasteiger partial charge in [0.05, 0.1) is 12.7 Å². The Morgan fingerprint density at radius 1 is 1.32 bits per heavy atom. The molecule has 6 nitrogen and oxygen atoms in total. The number of hydrogen-bond donors (Lipinski definition) is 1. The van der Waals surface area contributed by atoms with Crippen molar-refractivity contribution in [3.05, 3.63) is 42.0 Å². The first-order valence-corrected chi connectivity index (χ1v) is 8.49. The number of rotatable bonds is 4. The summed E-state index contributed by atoms with van der Waals surface area (Å²) in [5, 5.41) is 2.94. The monoisotopic (exact) mass is 345 g/mol. The Morgan fingerprint density at radius 2 is 2.04 bits per heavy atom. The van der Waals surface area contributed by atoms with Gasteiger partial charge in [0.25, 0.3) is 0 Å². The van der Waals surface area contributed by atoms with E-state index in [1.807, 2.05) is 24.8 Å². The minimum absolute atomic E-state index is 0.0974. The SMILES string of the molecule is C=CCN1C[C@@H](C)N(C(=O)Nc2cc(C(=O)OC)ccc2C)C[C@H]1C. The standard InChI is InChI=1S/C19H27N3O3/c1-6-9-21-11-15(4)22(12-14(21)3)19(24)20-17-10-16(18(23)25-5)8-7-13(17)2/h6-8,10,14-15H,1,9,11-12H2,2-5H3,(H,20,24)/t14-,15-/m1/s1. The molecular weight excluding hydrogens is 318 g/mol. The lowest BCUT2D eigenvalue weighted by atomic mass is 10.1. The summed E-state index contributed by atoms with van der Waals surface area (Å²) in [6, 6.07) is 5.36. The maximum absolute atomic E-state index is 12.8. The number of carbonyl (C=O) groups excluding carboxylic acids is 2. The molecule has 0 aromatic heterocycles. The zero-order valence-corrected chi connectivity index (χ0v) is 15.4. The first-order valence-electron chi connectivity index (χ1n) is 8.49. The molecule has 1 aromatic carbocycles. The number of anilines is 1. The largest absolute Gasteiger partial charge is 0.465 e. The maximum atomic E-state index is 12.8. The van der Waals surface area contributed by atoms with E-state index < -0.39 is 5.97 Å². The molecule has 1 aromatic rings. The Balaban J connectivity index is 2.12. The second kappa shape index (κ2) is 8.16. The van der Waals surface area contributed by atoms with Crippen LogP contribution < -0.4 is 5.32 Å². The van der Waals surface area contributed by atoms with Crippen LogP contribution in [0.4, 0.5) is 10.5 Å². The van der Waals surface area contributed by atoms with Gasteiger partial charge in [-0.2, -0.15) is 0 Å². The maximum Gasteiger partial charge on any atom is 0.337 e. The molecule has 2 amide bonds. The summed E-state index contributed by atoms with van der Waals surface area (Å²) in [6.45, 7) is 12.1. The third-order valence-electron chi connectivity index (χ3n) is 4.64. The van der Waals surface area contributed by atoms with Crippen LogP contribution in [-0.4, -0.2) is 60.6 Å². The Kier molecular flexibility index (Phi) is 6.20. The van der Waals surface area contributed by atoms with Crippen LogP contribution in [0.2, 0.25) is 0 Å². The number of esters is 1. The minimum Gasteiger partial charge on any atom is -0.465 e. The Hall–Kier alpha value is -2.34. The molecule has 2 rings (SSSR count). The molecule has 1 aliphatic heterocycles. The number of aryl methyl sites for hydroxylation is 1. The van der Waals surface area contributed by atoms with E-state index in [0.29, 0.717) is 17.8 Å². The highest BCUT2D eigenvalue weighted by molar-refractivity contribution is 5.94. The highest BCUT2D eigenvalue weighted by Crippen LogP contribution is 2.21. The number of hydrogen-bond acceptors (Lipinski definition) is 4. The van der Waals surface area contributed by atoms with Crippen molar-refractivity contribution in [1.82, 2.24) is 9.80 Å². The van der Waals surface area contributed by atoms with Crippen LogP contribution >= 0.6 is 0 Å². The van der Waals surface area contributed by atoms with Gasteiger partial charge in [-0.05, 0) is 38.5 Å². The van der Waals surface area contributed by atoms with E-state index in [1.54, 1.807) is 18.2 Å². The lowest BCUT2D eigenvalue weighted by Crippen LogP contribution is -2.58. The Bertz CT molecular complexity index is 659. The van der Waals surface area contributed by atoms with Gasteiger partial charge in [0.15, 0.2) is 0 Å². The van der Waals surface area contributed by atoms with Gasteiger partial charge in [-0.25, -0.2) is 9.59 Å². The molecule has 25 heavy (non-hydrogen) atoms. The topological polar surface area (TPSA) is 61.9 Å². The molecule has 0 spiro atoms. The molecule has 1 fully saturated rings. The third kappa shape index (κ3) is 4.39. The van der Waals surface area contributed by atoms with Crippen molar-refractivity contribution in [1.29, 1.82) is 0 Å². The Morgan fingerprint density at radius 3 is 2.68 bits per heavy atom. The van der Waals surface area contributed by atoms with Crippen LogP contribution in [0.15, 0.2) is 30.9 Å². The molecule has 0 aliphatic carbocycles. The summed E-state index contributed by atoms with van der Waals surface area (Å²) in [7, 11) is 1.34. The number of nitrogens with one attached hydrogen (secondary N) is 1. The van der Waals surface area contributed by atoms with Crippen LogP contribution in [0, 0.1) is 6.92 Å². The first kappa shape index (κ1) is 19.0. The van der Waals surface area contributed by atoms with Gasteiger partial charge in [-0.1, -0.05) is 12.1 Å². The number of methoxy groups -OCH3 is 1. The molecule has 1 saturated heterocycles. The van der Waals surface area contributed by atoms with E-state index in [2.05, 4.69) is 23.7 Å². The van der Waals surface area contributed by atoms with Crippen molar-refractivity contribution in [2.24, 2.45) is 0 Å². The van der Waals surface area contributed by atoms with Gasteiger partial charge in [0, 0.05) is 37.4 Å². The first-order chi connectivity index (χ1) is 11.9. The van der Waals surface area contributed by atoms with E-state index in [0.717, 1.165) is 18.7 Å². The van der Waals surface area contributed by atoms with E-state index in [9.17, 15) is 9.59 Å². The fraction of sp³-hybridized carbons (Fsp3) is 0.474.